The highest BCUT2D eigenvalue weighted by atomic mass is 16.3. The SMILES string of the molecule is CC(C)C[C@@H](NC(=O)C(C)(C)C)C(=O)NCc1ccco1. The van der Waals surface area contributed by atoms with Crippen LogP contribution in [0.3, 0.4) is 0 Å². The van der Waals surface area contributed by atoms with Gasteiger partial charge in [0.05, 0.1) is 12.8 Å². The summed E-state index contributed by atoms with van der Waals surface area (Å²) in [5.74, 6) is 0.692. The van der Waals surface area contributed by atoms with E-state index in [0.717, 1.165) is 0 Å². The van der Waals surface area contributed by atoms with Crippen molar-refractivity contribution < 1.29 is 14.0 Å². The number of hydrogen-bond acceptors (Lipinski definition) is 3. The highest BCUT2D eigenvalue weighted by Crippen LogP contribution is 2.14. The Morgan fingerprint density at radius 2 is 1.95 bits per heavy atom. The minimum absolute atomic E-state index is 0.124. The zero-order chi connectivity index (χ0) is 16.0. The first-order valence-electron chi connectivity index (χ1n) is 7.31. The van der Waals surface area contributed by atoms with Crippen molar-refractivity contribution in [2.45, 2.75) is 53.6 Å². The molecule has 0 aliphatic carbocycles. The third kappa shape index (κ3) is 6.02. The van der Waals surface area contributed by atoms with Crippen LogP contribution >= 0.6 is 0 Å². The monoisotopic (exact) mass is 294 g/mol. The first kappa shape index (κ1) is 17.3. The molecule has 0 aliphatic rings. The van der Waals surface area contributed by atoms with Gasteiger partial charge in [-0.2, -0.15) is 0 Å². The van der Waals surface area contributed by atoms with Crippen molar-refractivity contribution in [3.63, 3.8) is 0 Å². The Kier molecular flexibility index (Phi) is 6.00. The van der Waals surface area contributed by atoms with Crippen LogP contribution in [0.5, 0.6) is 0 Å². The van der Waals surface area contributed by atoms with E-state index < -0.39 is 11.5 Å². The van der Waals surface area contributed by atoms with Crippen LogP contribution in [0.25, 0.3) is 0 Å². The average Bonchev–Trinajstić information content (AvgIpc) is 2.86. The number of furan rings is 1. The lowest BCUT2D eigenvalue weighted by molar-refractivity contribution is -0.133. The predicted molar refractivity (Wildman–Crippen MR) is 81.4 cm³/mol. The number of amides is 2. The fourth-order valence-corrected chi connectivity index (χ4v) is 1.79. The van der Waals surface area contributed by atoms with Crippen molar-refractivity contribution in [3.8, 4) is 0 Å². The van der Waals surface area contributed by atoms with Gasteiger partial charge in [-0.3, -0.25) is 9.59 Å². The minimum Gasteiger partial charge on any atom is -0.467 e. The normalized spacial score (nSPS) is 13.0. The van der Waals surface area contributed by atoms with Crippen LogP contribution in [0.15, 0.2) is 22.8 Å². The first-order chi connectivity index (χ1) is 9.70. The predicted octanol–water partition coefficient (Wildman–Crippen LogP) is 2.47. The minimum atomic E-state index is -0.522. The lowest BCUT2D eigenvalue weighted by Crippen LogP contribution is -2.50. The molecule has 1 rings (SSSR count). The number of rotatable bonds is 6. The third-order valence-electron chi connectivity index (χ3n) is 3.03. The second kappa shape index (κ2) is 7.29. The molecular weight excluding hydrogens is 268 g/mol. The molecule has 1 aromatic rings. The van der Waals surface area contributed by atoms with Gasteiger partial charge in [0.15, 0.2) is 0 Å². The van der Waals surface area contributed by atoms with Crippen LogP contribution in [0, 0.1) is 11.3 Å². The van der Waals surface area contributed by atoms with E-state index in [9.17, 15) is 9.59 Å². The summed E-state index contributed by atoms with van der Waals surface area (Å²) in [4.78, 5) is 24.4. The highest BCUT2D eigenvalue weighted by molar-refractivity contribution is 5.89. The van der Waals surface area contributed by atoms with Gasteiger partial charge in [0, 0.05) is 5.41 Å². The quantitative estimate of drug-likeness (QED) is 0.846. The molecule has 0 fully saturated rings. The van der Waals surface area contributed by atoms with Crippen molar-refractivity contribution in [3.05, 3.63) is 24.2 Å². The van der Waals surface area contributed by atoms with Gasteiger partial charge >= 0.3 is 0 Å². The second-order valence-corrected chi connectivity index (χ2v) is 6.70. The molecule has 0 saturated carbocycles. The fourth-order valence-electron chi connectivity index (χ4n) is 1.79. The van der Waals surface area contributed by atoms with Gasteiger partial charge < -0.3 is 15.1 Å². The Hall–Kier alpha value is -1.78. The largest absolute Gasteiger partial charge is 0.467 e. The maximum atomic E-state index is 12.3. The Morgan fingerprint density at radius 1 is 1.29 bits per heavy atom. The molecule has 0 spiro atoms. The van der Waals surface area contributed by atoms with Crippen molar-refractivity contribution in [1.29, 1.82) is 0 Å². The molecule has 0 saturated heterocycles. The number of carbonyl (C=O) groups excluding carboxylic acids is 2. The Bertz CT molecular complexity index is 458. The summed E-state index contributed by atoms with van der Waals surface area (Å²) < 4.78 is 5.18. The van der Waals surface area contributed by atoms with E-state index in [0.29, 0.717) is 24.6 Å². The zero-order valence-electron chi connectivity index (χ0n) is 13.5. The van der Waals surface area contributed by atoms with Crippen molar-refractivity contribution >= 4 is 11.8 Å². The first-order valence-corrected chi connectivity index (χ1v) is 7.31. The summed E-state index contributed by atoms with van der Waals surface area (Å²) >= 11 is 0. The lowest BCUT2D eigenvalue weighted by Gasteiger charge is -2.24. The molecular formula is C16H26N2O3. The van der Waals surface area contributed by atoms with E-state index in [1.807, 2.05) is 34.6 Å². The standard InChI is InChI=1S/C16H26N2O3/c1-11(2)9-13(18-15(20)16(3,4)5)14(19)17-10-12-7-6-8-21-12/h6-8,11,13H,9-10H2,1-5H3,(H,17,19)(H,18,20)/t13-/m1/s1. The number of hydrogen-bond donors (Lipinski definition) is 2. The molecule has 0 bridgehead atoms. The molecule has 0 aliphatic heterocycles. The van der Waals surface area contributed by atoms with Gasteiger partial charge in [0.25, 0.3) is 0 Å². The van der Waals surface area contributed by atoms with Gasteiger partial charge in [0.2, 0.25) is 11.8 Å². The van der Waals surface area contributed by atoms with E-state index in [-0.39, 0.29) is 11.8 Å². The molecule has 0 unspecified atom stereocenters. The fraction of sp³-hybridized carbons (Fsp3) is 0.625. The Morgan fingerprint density at radius 3 is 2.43 bits per heavy atom. The molecule has 2 N–H and O–H groups in total. The van der Waals surface area contributed by atoms with Gasteiger partial charge in [0.1, 0.15) is 11.8 Å². The molecule has 21 heavy (non-hydrogen) atoms. The molecule has 5 heteroatoms. The van der Waals surface area contributed by atoms with Crippen LogP contribution in [-0.4, -0.2) is 17.9 Å². The molecule has 1 heterocycles. The maximum Gasteiger partial charge on any atom is 0.242 e. The van der Waals surface area contributed by atoms with Gasteiger partial charge in [-0.1, -0.05) is 34.6 Å². The van der Waals surface area contributed by atoms with Gasteiger partial charge in [-0.05, 0) is 24.5 Å². The summed E-state index contributed by atoms with van der Waals surface area (Å²) in [5, 5.41) is 5.64. The smallest absolute Gasteiger partial charge is 0.242 e. The third-order valence-corrected chi connectivity index (χ3v) is 3.03. The molecule has 0 aromatic carbocycles. The van der Waals surface area contributed by atoms with E-state index >= 15 is 0 Å². The molecule has 118 valence electrons. The molecule has 2 amide bonds. The molecule has 1 atom stereocenters. The topological polar surface area (TPSA) is 71.3 Å². The van der Waals surface area contributed by atoms with E-state index in [4.69, 9.17) is 4.42 Å². The van der Waals surface area contributed by atoms with E-state index in [1.165, 1.54) is 0 Å². The van der Waals surface area contributed by atoms with E-state index in [1.54, 1.807) is 18.4 Å². The number of carbonyl (C=O) groups is 2. The van der Waals surface area contributed by atoms with Crippen LogP contribution in [0.2, 0.25) is 0 Å². The number of nitrogens with one attached hydrogen (secondary N) is 2. The summed E-state index contributed by atoms with van der Waals surface area (Å²) in [6, 6.07) is 3.05. The van der Waals surface area contributed by atoms with Gasteiger partial charge in [-0.15, -0.1) is 0 Å². The molecule has 0 radical (unpaired) electrons. The molecule has 1 aromatic heterocycles. The van der Waals surface area contributed by atoms with Crippen LogP contribution in [0.4, 0.5) is 0 Å². The van der Waals surface area contributed by atoms with Crippen molar-refractivity contribution in [2.24, 2.45) is 11.3 Å². The summed E-state index contributed by atoms with van der Waals surface area (Å²) in [5.41, 5.74) is -0.517. The highest BCUT2D eigenvalue weighted by Gasteiger charge is 2.27. The van der Waals surface area contributed by atoms with Crippen molar-refractivity contribution in [2.75, 3.05) is 0 Å². The van der Waals surface area contributed by atoms with E-state index in [2.05, 4.69) is 10.6 Å². The summed E-state index contributed by atoms with van der Waals surface area (Å²) in [6.07, 6.45) is 2.17. The van der Waals surface area contributed by atoms with Crippen LogP contribution in [-0.2, 0) is 16.1 Å². The summed E-state index contributed by atoms with van der Waals surface area (Å²) in [6.45, 7) is 9.86. The maximum absolute atomic E-state index is 12.3. The van der Waals surface area contributed by atoms with Gasteiger partial charge in [-0.25, -0.2) is 0 Å². The Balaban J connectivity index is 2.63. The molecule has 5 nitrogen and oxygen atoms in total. The van der Waals surface area contributed by atoms with Crippen LogP contribution in [0.1, 0.15) is 46.8 Å². The zero-order valence-corrected chi connectivity index (χ0v) is 13.5. The second-order valence-electron chi connectivity index (χ2n) is 6.70. The summed E-state index contributed by atoms with van der Waals surface area (Å²) in [7, 11) is 0. The van der Waals surface area contributed by atoms with Crippen molar-refractivity contribution in [1.82, 2.24) is 10.6 Å². The lowest BCUT2D eigenvalue weighted by atomic mass is 9.94. The average molecular weight is 294 g/mol. The Labute approximate surface area is 126 Å². The van der Waals surface area contributed by atoms with Crippen LogP contribution < -0.4 is 10.6 Å².